The number of piperidine rings is 2. The number of aromatic nitrogens is 11. The monoisotopic (exact) mass is 1090 g/mol. The number of carbonyl (C=O) groups excluding carboxylic acids is 2. The molecule has 0 unspecified atom stereocenters. The van der Waals surface area contributed by atoms with E-state index in [0.29, 0.717) is 62.7 Å². The number of aromatic amines is 1. The van der Waals surface area contributed by atoms with Crippen molar-refractivity contribution in [2.45, 2.75) is 44.3 Å². The number of hydrogen-bond donors (Lipinski definition) is 5. The van der Waals surface area contributed by atoms with E-state index in [4.69, 9.17) is 31.1 Å². The molecule has 2 saturated heterocycles. The second-order valence-electron chi connectivity index (χ2n) is 20.8. The van der Waals surface area contributed by atoms with Gasteiger partial charge in [0.15, 0.2) is 11.3 Å². The number of carbonyl (C=O) groups is 2. The summed E-state index contributed by atoms with van der Waals surface area (Å²) in [5, 5.41) is 19.5. The van der Waals surface area contributed by atoms with Crippen molar-refractivity contribution < 1.29 is 19.1 Å². The number of para-hydroxylation sites is 2. The van der Waals surface area contributed by atoms with Crippen LogP contribution in [0.3, 0.4) is 0 Å². The number of ether oxygens (including phenoxy) is 2. The van der Waals surface area contributed by atoms with E-state index in [-0.39, 0.29) is 23.9 Å². The predicted octanol–water partition coefficient (Wildman–Crippen LogP) is 9.09. The zero-order valence-electron chi connectivity index (χ0n) is 45.8. The van der Waals surface area contributed by atoms with Crippen LogP contribution in [0.1, 0.15) is 64.4 Å². The van der Waals surface area contributed by atoms with Crippen molar-refractivity contribution in [2.24, 2.45) is 14.1 Å². The third-order valence-corrected chi connectivity index (χ3v) is 15.8. The maximum Gasteiger partial charge on any atom is 0.272 e. The Morgan fingerprint density at radius 3 is 1.51 bits per heavy atom. The number of nitrogens with two attached hydrogens (primary N) is 2. The minimum Gasteiger partial charge on any atom is -0.495 e. The van der Waals surface area contributed by atoms with Crippen LogP contribution in [-0.2, 0) is 20.6 Å². The minimum absolute atomic E-state index is 0.187. The number of nitrogens with zero attached hydrogens (tertiary/aromatic N) is 12. The number of anilines is 4. The van der Waals surface area contributed by atoms with Crippen LogP contribution in [0.5, 0.6) is 11.5 Å². The van der Waals surface area contributed by atoms with Crippen LogP contribution in [0, 0.1) is 0 Å². The van der Waals surface area contributed by atoms with Gasteiger partial charge >= 0.3 is 0 Å². The molecule has 7 aromatic heterocycles. The summed E-state index contributed by atoms with van der Waals surface area (Å²) in [5.74, 6) is 1.36. The Kier molecular flexibility index (Phi) is 14.1. The molecule has 21 nitrogen and oxygen atoms in total. The fraction of sp³-hybridized carbons (Fsp3) is 0.267. The Morgan fingerprint density at radius 1 is 0.593 bits per heavy atom. The van der Waals surface area contributed by atoms with Gasteiger partial charge in [0.2, 0.25) is 0 Å². The number of nitrogen functional groups attached to an aromatic ring is 2. The third kappa shape index (κ3) is 10.0. The first kappa shape index (κ1) is 52.1. The molecule has 13 rings (SSSR count). The summed E-state index contributed by atoms with van der Waals surface area (Å²) in [4.78, 5) is 52.2. The number of nitrogens with one attached hydrogen (secondary N) is 3. The van der Waals surface area contributed by atoms with Gasteiger partial charge in [0.05, 0.1) is 48.5 Å². The highest BCUT2D eigenvalue weighted by Crippen LogP contribution is 2.40. The standard InChI is InChI=1S/C32H33N9O2.C28H30N8O2/c1-39-25-8-4-3-6-20(25)16-26(39)32(42)37-24-10-9-21(17-27(24)43-2)29-28-30(33)35-19-36-31(28)41(38-29)23-11-14-40(15-12-23)18-22-7-5-13-34-22;1-34-12-10-19(11-13-34)36-27-24(26(29)30-16-31-27)25(33-36)18-8-9-20(23(15-18)38-3)32-28(37)22-14-17-6-4-5-7-21(17)35(22)2/h3-10,13,16-17,19,23,34H,11-12,14-15,18H2,1-2H3,(H,37,42)(H2,33,35,36);4-9,14-16,19H,10-13H2,1-3H3,(H,32,37)(H2,29,30,31). The van der Waals surface area contributed by atoms with Gasteiger partial charge in [0.1, 0.15) is 58.6 Å². The number of aryl methyl sites for hydroxylation is 2. The minimum atomic E-state index is -0.222. The van der Waals surface area contributed by atoms with Gasteiger partial charge in [-0.15, -0.1) is 0 Å². The van der Waals surface area contributed by atoms with Gasteiger partial charge in [0.25, 0.3) is 11.8 Å². The Labute approximate surface area is 466 Å². The van der Waals surface area contributed by atoms with E-state index in [1.165, 1.54) is 18.3 Å². The highest BCUT2D eigenvalue weighted by atomic mass is 16.5. The maximum absolute atomic E-state index is 13.3. The SMILES string of the molecule is COc1cc(-c2nn(C3CCN(C)CC3)c3ncnc(N)c23)ccc1NC(=O)c1cc2ccccc2n1C.COc1cc(-c2nn(C3CCN(Cc4ccc[nH]4)CC3)c3ncnc(N)c23)ccc1NC(=O)c1cc2ccccc2n1C. The number of benzene rings is 4. The number of amides is 2. The molecule has 9 heterocycles. The molecule has 0 bridgehead atoms. The average molecular weight is 1090 g/mol. The van der Waals surface area contributed by atoms with E-state index in [1.54, 1.807) is 14.2 Å². The number of H-pyrrole nitrogens is 1. The largest absolute Gasteiger partial charge is 0.495 e. The molecule has 7 N–H and O–H groups in total. The second-order valence-corrected chi connectivity index (χ2v) is 20.8. The van der Waals surface area contributed by atoms with Gasteiger partial charge in [-0.1, -0.05) is 48.5 Å². The van der Waals surface area contributed by atoms with Crippen LogP contribution in [-0.4, -0.2) is 123 Å². The zero-order chi connectivity index (χ0) is 55.9. The number of fused-ring (bicyclic) bond motifs is 4. The lowest BCUT2D eigenvalue weighted by molar-refractivity contribution is 0.101. The van der Waals surface area contributed by atoms with Crippen molar-refractivity contribution >= 4 is 78.7 Å². The zero-order valence-corrected chi connectivity index (χ0v) is 45.8. The summed E-state index contributed by atoms with van der Waals surface area (Å²) in [5.41, 5.74) is 22.6. The Hall–Kier alpha value is -9.60. The number of methoxy groups -OCH3 is 2. The summed E-state index contributed by atoms with van der Waals surface area (Å²) in [7, 11) is 9.07. The topological polar surface area (TPSA) is 248 Å². The van der Waals surface area contributed by atoms with Crippen molar-refractivity contribution in [3.05, 3.63) is 145 Å². The van der Waals surface area contributed by atoms with E-state index < -0.39 is 0 Å². The van der Waals surface area contributed by atoms with E-state index in [2.05, 4.69) is 58.5 Å². The van der Waals surface area contributed by atoms with Crippen LogP contribution in [0.4, 0.5) is 23.0 Å². The van der Waals surface area contributed by atoms with Crippen LogP contribution in [0.2, 0.25) is 0 Å². The molecule has 0 radical (unpaired) electrons. The van der Waals surface area contributed by atoms with Gasteiger partial charge in [-0.25, -0.2) is 29.3 Å². The van der Waals surface area contributed by atoms with Crippen molar-refractivity contribution in [3.8, 4) is 34.0 Å². The lowest BCUT2D eigenvalue weighted by Crippen LogP contribution is -2.34. The molecule has 412 valence electrons. The van der Waals surface area contributed by atoms with Gasteiger partial charge in [-0.05, 0) is 106 Å². The molecule has 0 atom stereocenters. The number of rotatable bonds is 12. The molecule has 11 aromatic rings. The molecule has 0 spiro atoms. The molecule has 2 aliphatic heterocycles. The highest BCUT2D eigenvalue weighted by molar-refractivity contribution is 6.09. The van der Waals surface area contributed by atoms with Gasteiger partial charge < -0.3 is 50.6 Å². The summed E-state index contributed by atoms with van der Waals surface area (Å²) in [6.45, 7) is 4.82. The van der Waals surface area contributed by atoms with Crippen molar-refractivity contribution in [1.82, 2.24) is 63.4 Å². The molecule has 0 saturated carbocycles. The lowest BCUT2D eigenvalue weighted by atomic mass is 10.0. The fourth-order valence-corrected chi connectivity index (χ4v) is 11.4. The predicted molar refractivity (Wildman–Crippen MR) is 315 cm³/mol. The molecule has 0 aliphatic carbocycles. The molecule has 21 heteroatoms. The Morgan fingerprint density at radius 2 is 1.06 bits per heavy atom. The van der Waals surface area contributed by atoms with E-state index in [0.717, 1.165) is 108 Å². The van der Waals surface area contributed by atoms with Crippen molar-refractivity contribution in [1.29, 1.82) is 0 Å². The van der Waals surface area contributed by atoms with Crippen LogP contribution >= 0.6 is 0 Å². The summed E-state index contributed by atoms with van der Waals surface area (Å²) in [6.07, 6.45) is 8.81. The van der Waals surface area contributed by atoms with Gasteiger partial charge in [0, 0.05) is 78.6 Å². The smallest absolute Gasteiger partial charge is 0.272 e. The highest BCUT2D eigenvalue weighted by Gasteiger charge is 2.29. The summed E-state index contributed by atoms with van der Waals surface area (Å²) < 4.78 is 19.2. The molecule has 4 aromatic carbocycles. The summed E-state index contributed by atoms with van der Waals surface area (Å²) in [6, 6.07) is 35.4. The number of hydrogen-bond acceptors (Lipinski definition) is 14. The van der Waals surface area contributed by atoms with Crippen molar-refractivity contribution in [3.63, 3.8) is 0 Å². The van der Waals surface area contributed by atoms with Crippen LogP contribution in [0.25, 0.3) is 66.4 Å². The number of likely N-dealkylation sites (tertiary alicyclic amines) is 2. The second kappa shape index (κ2) is 21.9. The fourth-order valence-electron chi connectivity index (χ4n) is 11.4. The molecular formula is C60H63N17O4. The molecular weight excluding hydrogens is 1020 g/mol. The van der Waals surface area contributed by atoms with Gasteiger partial charge in [-0.2, -0.15) is 10.2 Å². The molecule has 2 aliphatic rings. The first-order valence-electron chi connectivity index (χ1n) is 27.0. The van der Waals surface area contributed by atoms with E-state index >= 15 is 0 Å². The van der Waals surface area contributed by atoms with E-state index in [1.807, 2.05) is 142 Å². The molecule has 2 fully saturated rings. The Balaban J connectivity index is 0.000000162. The van der Waals surface area contributed by atoms with Crippen molar-refractivity contribution in [2.75, 3.05) is 69.5 Å². The Bertz CT molecular complexity index is 4120. The van der Waals surface area contributed by atoms with Crippen LogP contribution in [0.15, 0.2) is 128 Å². The third-order valence-electron chi connectivity index (χ3n) is 15.8. The average Bonchev–Trinajstić information content (AvgIpc) is 4.41. The van der Waals surface area contributed by atoms with E-state index in [9.17, 15) is 9.59 Å². The van der Waals surface area contributed by atoms with Crippen LogP contribution < -0.4 is 31.6 Å². The first-order chi connectivity index (χ1) is 39.4. The lowest BCUT2D eigenvalue weighted by Gasteiger charge is -2.31. The normalized spacial score (nSPS) is 14.6. The van der Waals surface area contributed by atoms with Gasteiger partial charge in [-0.3, -0.25) is 14.5 Å². The summed E-state index contributed by atoms with van der Waals surface area (Å²) >= 11 is 0. The quantitative estimate of drug-likeness (QED) is 0.0766. The first-order valence-corrected chi connectivity index (χ1v) is 27.0. The molecule has 81 heavy (non-hydrogen) atoms. The molecule has 2 amide bonds. The maximum atomic E-state index is 13.3.